The van der Waals surface area contributed by atoms with Crippen LogP contribution in [0.25, 0.3) is 11.4 Å². The molecule has 174 valence electrons. The first-order valence-electron chi connectivity index (χ1n) is 10.6. The van der Waals surface area contributed by atoms with Gasteiger partial charge in [-0.1, -0.05) is 35.0 Å². The summed E-state index contributed by atoms with van der Waals surface area (Å²) in [5.74, 6) is -0.0884. The molecule has 0 N–H and O–H groups in total. The van der Waals surface area contributed by atoms with E-state index in [1.165, 1.54) is 21.3 Å². The van der Waals surface area contributed by atoms with Gasteiger partial charge < -0.3 is 9.42 Å². The monoisotopic (exact) mass is 472 g/mol. The number of benzene rings is 2. The standard InChI is InChI=1S/C23H25FN4O4S/c1-16-3-5-17(6-4-16)22-25-21(32-26-22)15-27(2)23(29)18-11-13-28(14-12-18)33(30,31)20-9-7-19(24)8-10-20/h3-10,18H,11-15H2,1-2H3. The van der Waals surface area contributed by atoms with Gasteiger partial charge in [0.05, 0.1) is 11.4 Å². The molecule has 1 aliphatic rings. The van der Waals surface area contributed by atoms with Gasteiger partial charge in [-0.15, -0.1) is 0 Å². The third-order valence-electron chi connectivity index (χ3n) is 5.78. The summed E-state index contributed by atoms with van der Waals surface area (Å²) in [7, 11) is -2.05. The molecule has 10 heteroatoms. The Morgan fingerprint density at radius 3 is 2.39 bits per heavy atom. The van der Waals surface area contributed by atoms with Gasteiger partial charge in [0.1, 0.15) is 5.82 Å². The molecule has 4 rings (SSSR count). The van der Waals surface area contributed by atoms with Crippen molar-refractivity contribution in [1.29, 1.82) is 0 Å². The van der Waals surface area contributed by atoms with Gasteiger partial charge in [-0.05, 0) is 44.0 Å². The molecule has 0 unspecified atom stereocenters. The van der Waals surface area contributed by atoms with Gasteiger partial charge in [0.25, 0.3) is 0 Å². The van der Waals surface area contributed by atoms with E-state index >= 15 is 0 Å². The van der Waals surface area contributed by atoms with Gasteiger partial charge in [-0.2, -0.15) is 9.29 Å². The van der Waals surface area contributed by atoms with E-state index in [4.69, 9.17) is 4.52 Å². The molecule has 3 aromatic rings. The van der Waals surface area contributed by atoms with Crippen LogP contribution >= 0.6 is 0 Å². The molecule has 33 heavy (non-hydrogen) atoms. The van der Waals surface area contributed by atoms with Crippen molar-refractivity contribution in [3.63, 3.8) is 0 Å². The van der Waals surface area contributed by atoms with Crippen molar-refractivity contribution < 1.29 is 22.1 Å². The van der Waals surface area contributed by atoms with E-state index in [-0.39, 0.29) is 36.4 Å². The largest absolute Gasteiger partial charge is 0.337 e. The number of piperidine rings is 1. The SMILES string of the molecule is Cc1ccc(-c2noc(CN(C)C(=O)C3CCN(S(=O)(=O)c4ccc(F)cc4)CC3)n2)cc1. The van der Waals surface area contributed by atoms with E-state index in [1.807, 2.05) is 31.2 Å². The fourth-order valence-corrected chi connectivity index (χ4v) is 5.30. The second kappa shape index (κ2) is 9.40. The molecule has 1 aliphatic heterocycles. The Morgan fingerprint density at radius 2 is 1.76 bits per heavy atom. The molecule has 0 saturated carbocycles. The summed E-state index contributed by atoms with van der Waals surface area (Å²) in [5.41, 5.74) is 1.96. The highest BCUT2D eigenvalue weighted by molar-refractivity contribution is 7.89. The zero-order chi connectivity index (χ0) is 23.6. The Bertz CT molecular complexity index is 1220. The maximum absolute atomic E-state index is 13.1. The minimum atomic E-state index is -3.71. The first kappa shape index (κ1) is 23.1. The number of hydrogen-bond acceptors (Lipinski definition) is 6. The third-order valence-corrected chi connectivity index (χ3v) is 7.69. The van der Waals surface area contributed by atoms with Crippen molar-refractivity contribution >= 4 is 15.9 Å². The molecule has 0 spiro atoms. The Kier molecular flexibility index (Phi) is 6.57. The summed E-state index contributed by atoms with van der Waals surface area (Å²) in [6, 6.07) is 12.5. The highest BCUT2D eigenvalue weighted by Gasteiger charge is 2.33. The molecule has 1 fully saturated rings. The Morgan fingerprint density at radius 1 is 1.12 bits per heavy atom. The van der Waals surface area contributed by atoms with Crippen LogP contribution in [0.2, 0.25) is 0 Å². The zero-order valence-electron chi connectivity index (χ0n) is 18.4. The molecule has 8 nitrogen and oxygen atoms in total. The minimum absolute atomic E-state index is 0.0477. The molecule has 0 aliphatic carbocycles. The van der Waals surface area contributed by atoms with Crippen molar-refractivity contribution in [2.24, 2.45) is 5.92 Å². The first-order chi connectivity index (χ1) is 15.7. The molecule has 0 radical (unpaired) electrons. The van der Waals surface area contributed by atoms with Crippen molar-refractivity contribution in [2.75, 3.05) is 20.1 Å². The van der Waals surface area contributed by atoms with Crippen LogP contribution in [0.1, 0.15) is 24.3 Å². The third kappa shape index (κ3) is 5.12. The lowest BCUT2D eigenvalue weighted by Gasteiger charge is -2.32. The van der Waals surface area contributed by atoms with Crippen LogP contribution in [0.5, 0.6) is 0 Å². The summed E-state index contributed by atoms with van der Waals surface area (Å²) in [5, 5.41) is 3.99. The van der Waals surface area contributed by atoms with Crippen LogP contribution in [-0.4, -0.2) is 53.8 Å². The average molecular weight is 473 g/mol. The van der Waals surface area contributed by atoms with Crippen LogP contribution in [0.15, 0.2) is 57.9 Å². The molecular formula is C23H25FN4O4S. The number of aryl methyl sites for hydroxylation is 1. The van der Waals surface area contributed by atoms with Crippen LogP contribution < -0.4 is 0 Å². The van der Waals surface area contributed by atoms with Gasteiger partial charge in [0, 0.05) is 31.6 Å². The van der Waals surface area contributed by atoms with Gasteiger partial charge in [0.15, 0.2) is 0 Å². The van der Waals surface area contributed by atoms with Gasteiger partial charge >= 0.3 is 0 Å². The lowest BCUT2D eigenvalue weighted by molar-refractivity contribution is -0.136. The predicted octanol–water partition coefficient (Wildman–Crippen LogP) is 3.24. The maximum Gasteiger partial charge on any atom is 0.246 e. The van der Waals surface area contributed by atoms with Crippen molar-refractivity contribution in [3.8, 4) is 11.4 Å². The summed E-state index contributed by atoms with van der Waals surface area (Å²) in [4.78, 5) is 18.9. The number of amides is 1. The summed E-state index contributed by atoms with van der Waals surface area (Å²) >= 11 is 0. The normalized spacial score (nSPS) is 15.5. The number of rotatable bonds is 6. The van der Waals surface area contributed by atoms with E-state index < -0.39 is 15.8 Å². The fourth-order valence-electron chi connectivity index (χ4n) is 3.83. The molecule has 0 atom stereocenters. The number of hydrogen-bond donors (Lipinski definition) is 0. The number of halogens is 1. The topological polar surface area (TPSA) is 96.6 Å². The maximum atomic E-state index is 13.1. The predicted molar refractivity (Wildman–Crippen MR) is 119 cm³/mol. The molecule has 2 aromatic carbocycles. The number of carbonyl (C=O) groups excluding carboxylic acids is 1. The summed E-state index contributed by atoms with van der Waals surface area (Å²) in [6.45, 7) is 2.62. The summed E-state index contributed by atoms with van der Waals surface area (Å²) in [6.07, 6.45) is 0.810. The first-order valence-corrected chi connectivity index (χ1v) is 12.1. The van der Waals surface area contributed by atoms with Crippen LogP contribution in [0.4, 0.5) is 4.39 Å². The Hall–Kier alpha value is -3.11. The second-order valence-electron chi connectivity index (χ2n) is 8.20. The van der Waals surface area contributed by atoms with E-state index in [0.717, 1.165) is 23.3 Å². The Labute approximate surface area is 192 Å². The van der Waals surface area contributed by atoms with Crippen LogP contribution in [-0.2, 0) is 21.4 Å². The fraction of sp³-hybridized carbons (Fsp3) is 0.348. The molecule has 1 saturated heterocycles. The molecule has 0 bridgehead atoms. The second-order valence-corrected chi connectivity index (χ2v) is 10.1. The summed E-state index contributed by atoms with van der Waals surface area (Å²) < 4.78 is 45.3. The quantitative estimate of drug-likeness (QED) is 0.546. The minimum Gasteiger partial charge on any atom is -0.337 e. The average Bonchev–Trinajstić information content (AvgIpc) is 3.28. The Balaban J connectivity index is 1.34. The number of aromatic nitrogens is 2. The number of carbonyl (C=O) groups is 1. The van der Waals surface area contributed by atoms with Gasteiger partial charge in [0.2, 0.25) is 27.6 Å². The highest BCUT2D eigenvalue weighted by atomic mass is 32.2. The van der Waals surface area contributed by atoms with Crippen LogP contribution in [0.3, 0.4) is 0 Å². The number of sulfonamides is 1. The lowest BCUT2D eigenvalue weighted by atomic mass is 9.97. The van der Waals surface area contributed by atoms with E-state index in [2.05, 4.69) is 10.1 Å². The highest BCUT2D eigenvalue weighted by Crippen LogP contribution is 2.25. The van der Waals surface area contributed by atoms with Gasteiger partial charge in [-0.3, -0.25) is 4.79 Å². The lowest BCUT2D eigenvalue weighted by Crippen LogP contribution is -2.43. The smallest absolute Gasteiger partial charge is 0.246 e. The number of nitrogens with zero attached hydrogens (tertiary/aromatic N) is 4. The van der Waals surface area contributed by atoms with E-state index in [9.17, 15) is 17.6 Å². The molecule has 1 aromatic heterocycles. The van der Waals surface area contributed by atoms with Crippen molar-refractivity contribution in [2.45, 2.75) is 31.2 Å². The zero-order valence-corrected chi connectivity index (χ0v) is 19.3. The van der Waals surface area contributed by atoms with E-state index in [0.29, 0.717) is 24.6 Å². The van der Waals surface area contributed by atoms with Gasteiger partial charge in [-0.25, -0.2) is 12.8 Å². The molecule has 2 heterocycles. The van der Waals surface area contributed by atoms with Crippen LogP contribution in [0, 0.1) is 18.7 Å². The van der Waals surface area contributed by atoms with E-state index in [1.54, 1.807) is 7.05 Å². The van der Waals surface area contributed by atoms with Crippen molar-refractivity contribution in [1.82, 2.24) is 19.3 Å². The van der Waals surface area contributed by atoms with Crippen molar-refractivity contribution in [3.05, 3.63) is 65.8 Å². The molecular weight excluding hydrogens is 447 g/mol. The molecule has 1 amide bonds.